The summed E-state index contributed by atoms with van der Waals surface area (Å²) < 4.78 is 48.3. The Bertz CT molecular complexity index is 881. The monoisotopic (exact) mass is 475 g/mol. The van der Waals surface area contributed by atoms with Gasteiger partial charge in [-0.25, -0.2) is 9.59 Å². The maximum atomic E-state index is 12.9. The Hall–Kier alpha value is -3.38. The van der Waals surface area contributed by atoms with Gasteiger partial charge in [-0.1, -0.05) is 0 Å². The van der Waals surface area contributed by atoms with Crippen LogP contribution in [0, 0.1) is 16.0 Å². The summed E-state index contributed by atoms with van der Waals surface area (Å²) in [7, 11) is 0. The number of nitrogens with one attached hydrogen (secondary N) is 1. The minimum atomic E-state index is -4.72. The first-order valence-electron chi connectivity index (χ1n) is 10.2. The van der Waals surface area contributed by atoms with Crippen LogP contribution < -0.4 is 10.2 Å². The van der Waals surface area contributed by atoms with Crippen LogP contribution in [0.15, 0.2) is 18.2 Å². The molecule has 1 saturated heterocycles. The van der Waals surface area contributed by atoms with Crippen molar-refractivity contribution in [3.8, 4) is 0 Å². The van der Waals surface area contributed by atoms with E-state index in [9.17, 15) is 37.7 Å². The predicted octanol–water partition coefficient (Wildman–Crippen LogP) is 2.44. The molecule has 1 aromatic rings. The molecule has 1 heterocycles. The number of benzene rings is 1. The lowest BCUT2D eigenvalue weighted by molar-refractivity contribution is -0.384. The van der Waals surface area contributed by atoms with E-state index in [1.54, 1.807) is 0 Å². The maximum Gasteiger partial charge on any atom is 0.416 e. The van der Waals surface area contributed by atoms with Gasteiger partial charge in [-0.05, 0) is 38.8 Å². The van der Waals surface area contributed by atoms with Gasteiger partial charge in [0.25, 0.3) is 5.69 Å². The quantitative estimate of drug-likeness (QED) is 0.263. The molecule has 0 aliphatic carbocycles. The SMILES string of the molecule is CCOC(=O)C(NC(=O)C1CCN(c2ccc(C(F)(F)F)cc2[N+](=O)[O-])CC1)C(=O)OCC. The van der Waals surface area contributed by atoms with Gasteiger partial charge in [-0.15, -0.1) is 0 Å². The summed E-state index contributed by atoms with van der Waals surface area (Å²) in [4.78, 5) is 48.6. The normalized spacial score (nSPS) is 14.7. The number of anilines is 1. The van der Waals surface area contributed by atoms with E-state index in [1.807, 2.05) is 0 Å². The molecule has 1 aliphatic heterocycles. The van der Waals surface area contributed by atoms with Crippen molar-refractivity contribution in [3.63, 3.8) is 0 Å². The molecule has 1 aromatic carbocycles. The van der Waals surface area contributed by atoms with E-state index in [2.05, 4.69) is 5.32 Å². The number of carbonyl (C=O) groups is 3. The largest absolute Gasteiger partial charge is 0.464 e. The third-order valence-electron chi connectivity index (χ3n) is 5.04. The lowest BCUT2D eigenvalue weighted by Crippen LogP contribution is -2.51. The molecule has 1 amide bonds. The summed E-state index contributed by atoms with van der Waals surface area (Å²) in [6, 6.07) is 0.673. The second kappa shape index (κ2) is 11.0. The van der Waals surface area contributed by atoms with Gasteiger partial charge in [0.2, 0.25) is 11.9 Å². The van der Waals surface area contributed by atoms with E-state index >= 15 is 0 Å². The van der Waals surface area contributed by atoms with E-state index in [0.717, 1.165) is 12.1 Å². The van der Waals surface area contributed by atoms with E-state index in [4.69, 9.17) is 9.47 Å². The Labute approximate surface area is 187 Å². The van der Waals surface area contributed by atoms with Crippen LogP contribution in [0.3, 0.4) is 0 Å². The third kappa shape index (κ3) is 6.56. The molecule has 0 spiro atoms. The summed E-state index contributed by atoms with van der Waals surface area (Å²) in [6.45, 7) is 3.36. The van der Waals surface area contributed by atoms with Crippen LogP contribution in [-0.2, 0) is 30.0 Å². The number of ether oxygens (including phenoxy) is 2. The summed E-state index contributed by atoms with van der Waals surface area (Å²) >= 11 is 0. The predicted molar refractivity (Wildman–Crippen MR) is 108 cm³/mol. The molecular weight excluding hydrogens is 451 g/mol. The summed E-state index contributed by atoms with van der Waals surface area (Å²) in [6.07, 6.45) is -4.33. The first-order valence-corrected chi connectivity index (χ1v) is 10.2. The fraction of sp³-hybridized carbons (Fsp3) is 0.550. The Morgan fingerprint density at radius 3 is 2.15 bits per heavy atom. The van der Waals surface area contributed by atoms with Gasteiger partial charge >= 0.3 is 18.1 Å². The van der Waals surface area contributed by atoms with Crippen LogP contribution in [0.5, 0.6) is 0 Å². The van der Waals surface area contributed by atoms with E-state index in [-0.39, 0.29) is 44.8 Å². The molecule has 0 aromatic heterocycles. The fourth-order valence-electron chi connectivity index (χ4n) is 3.42. The number of hydrogen-bond donors (Lipinski definition) is 1. The number of nitro groups is 1. The summed E-state index contributed by atoms with van der Waals surface area (Å²) in [5.74, 6) is -3.13. The first kappa shape index (κ1) is 25.9. The van der Waals surface area contributed by atoms with Crippen molar-refractivity contribution in [1.82, 2.24) is 5.32 Å². The molecule has 13 heteroatoms. The highest BCUT2D eigenvalue weighted by atomic mass is 19.4. The van der Waals surface area contributed by atoms with Crippen LogP contribution in [0.2, 0.25) is 0 Å². The molecule has 1 fully saturated rings. The van der Waals surface area contributed by atoms with Gasteiger partial charge in [-0.2, -0.15) is 13.2 Å². The van der Waals surface area contributed by atoms with Crippen LogP contribution >= 0.6 is 0 Å². The van der Waals surface area contributed by atoms with Gasteiger partial charge in [0.05, 0.1) is 23.7 Å². The van der Waals surface area contributed by atoms with Gasteiger partial charge in [0, 0.05) is 25.1 Å². The number of nitrogens with zero attached hydrogens (tertiary/aromatic N) is 2. The minimum Gasteiger partial charge on any atom is -0.464 e. The van der Waals surface area contributed by atoms with Crippen LogP contribution in [0.4, 0.5) is 24.5 Å². The number of nitro benzene ring substituents is 1. The van der Waals surface area contributed by atoms with Crippen molar-refractivity contribution in [2.75, 3.05) is 31.2 Å². The molecule has 0 radical (unpaired) electrons. The number of amides is 1. The van der Waals surface area contributed by atoms with Crippen molar-refractivity contribution in [1.29, 1.82) is 0 Å². The van der Waals surface area contributed by atoms with Gasteiger partial charge in [-0.3, -0.25) is 14.9 Å². The minimum absolute atomic E-state index is 0.00505. The lowest BCUT2D eigenvalue weighted by atomic mass is 9.95. The number of esters is 2. The van der Waals surface area contributed by atoms with Crippen LogP contribution in [0.1, 0.15) is 32.3 Å². The Balaban J connectivity index is 2.09. The number of halogens is 3. The summed E-state index contributed by atoms with van der Waals surface area (Å²) in [5.41, 5.74) is -1.80. The average molecular weight is 475 g/mol. The van der Waals surface area contributed by atoms with Crippen molar-refractivity contribution >= 4 is 29.2 Å². The summed E-state index contributed by atoms with van der Waals surface area (Å²) in [5, 5.41) is 13.7. The average Bonchev–Trinajstić information content (AvgIpc) is 2.76. The number of piperidine rings is 1. The Morgan fingerprint density at radius 1 is 1.15 bits per heavy atom. The van der Waals surface area contributed by atoms with Crippen molar-refractivity contribution in [3.05, 3.63) is 33.9 Å². The second-order valence-electron chi connectivity index (χ2n) is 7.17. The van der Waals surface area contributed by atoms with Crippen molar-refractivity contribution in [2.45, 2.75) is 38.9 Å². The number of alkyl halides is 3. The molecule has 0 atom stereocenters. The number of carbonyl (C=O) groups excluding carboxylic acids is 3. The van der Waals surface area contributed by atoms with Crippen LogP contribution in [-0.4, -0.2) is 55.1 Å². The van der Waals surface area contributed by atoms with Crippen molar-refractivity contribution < 1.29 is 42.0 Å². The van der Waals surface area contributed by atoms with Gasteiger partial charge < -0.3 is 19.7 Å². The van der Waals surface area contributed by atoms with Crippen LogP contribution in [0.25, 0.3) is 0 Å². The molecule has 0 bridgehead atoms. The van der Waals surface area contributed by atoms with E-state index in [0.29, 0.717) is 6.07 Å². The number of hydrogen-bond acceptors (Lipinski definition) is 8. The van der Waals surface area contributed by atoms with Gasteiger partial charge in [0.15, 0.2) is 0 Å². The second-order valence-corrected chi connectivity index (χ2v) is 7.17. The molecule has 182 valence electrons. The van der Waals surface area contributed by atoms with Gasteiger partial charge in [0.1, 0.15) is 5.69 Å². The van der Waals surface area contributed by atoms with Crippen molar-refractivity contribution in [2.24, 2.45) is 5.92 Å². The zero-order valence-electron chi connectivity index (χ0n) is 18.0. The highest BCUT2D eigenvalue weighted by Gasteiger charge is 2.37. The van der Waals surface area contributed by atoms with E-state index in [1.165, 1.54) is 18.7 Å². The third-order valence-corrected chi connectivity index (χ3v) is 5.04. The fourth-order valence-corrected chi connectivity index (χ4v) is 3.42. The highest BCUT2D eigenvalue weighted by molar-refractivity contribution is 6.02. The maximum absolute atomic E-state index is 12.9. The zero-order chi connectivity index (χ0) is 24.8. The Kier molecular flexibility index (Phi) is 8.60. The highest BCUT2D eigenvalue weighted by Crippen LogP contribution is 2.37. The molecule has 1 aliphatic rings. The molecule has 0 saturated carbocycles. The first-order chi connectivity index (χ1) is 15.5. The molecular formula is C20H24F3N3O7. The lowest BCUT2D eigenvalue weighted by Gasteiger charge is -2.33. The molecule has 33 heavy (non-hydrogen) atoms. The Morgan fingerprint density at radius 2 is 1.70 bits per heavy atom. The number of rotatable bonds is 8. The topological polar surface area (TPSA) is 128 Å². The zero-order valence-corrected chi connectivity index (χ0v) is 18.0. The molecule has 10 nitrogen and oxygen atoms in total. The molecule has 1 N–H and O–H groups in total. The van der Waals surface area contributed by atoms with E-state index < -0.39 is 52.2 Å². The smallest absolute Gasteiger partial charge is 0.416 e. The standard InChI is InChI=1S/C20H24F3N3O7/c1-3-32-18(28)16(19(29)33-4-2)24-17(27)12-7-9-25(10-8-12)14-6-5-13(20(21,22)23)11-15(14)26(30)31/h5-6,11-12,16H,3-4,7-10H2,1-2H3,(H,24,27). The molecule has 0 unspecified atom stereocenters. The molecule has 2 rings (SSSR count).